The van der Waals surface area contributed by atoms with Crippen LogP contribution < -0.4 is 20.9 Å². The summed E-state index contributed by atoms with van der Waals surface area (Å²) in [6, 6.07) is 20.3. The van der Waals surface area contributed by atoms with E-state index >= 15 is 0 Å². The van der Waals surface area contributed by atoms with Gasteiger partial charge in [-0.15, -0.1) is 0 Å². The van der Waals surface area contributed by atoms with Crippen molar-refractivity contribution in [2.24, 2.45) is 0 Å². The molecule has 8 nitrogen and oxygen atoms in total. The predicted octanol–water partition coefficient (Wildman–Crippen LogP) is 5.96. The first kappa shape index (κ1) is 28.9. The molecule has 1 radical (unpaired) electrons. The second-order valence-electron chi connectivity index (χ2n) is 10.4. The summed E-state index contributed by atoms with van der Waals surface area (Å²) in [4.78, 5) is 34.4. The van der Waals surface area contributed by atoms with Gasteiger partial charge in [-0.1, -0.05) is 65.7 Å². The topological polar surface area (TPSA) is 97.6 Å². The lowest BCUT2D eigenvalue weighted by Gasteiger charge is -2.16. The zero-order valence-electron chi connectivity index (χ0n) is 23.6. The maximum Gasteiger partial charge on any atom is 0.258 e. The number of hydrogen-bond acceptors (Lipinski definition) is 6. The van der Waals surface area contributed by atoms with Crippen LogP contribution in [0.3, 0.4) is 0 Å². The van der Waals surface area contributed by atoms with Gasteiger partial charge < -0.3 is 10.1 Å². The van der Waals surface area contributed by atoms with Gasteiger partial charge in [0.05, 0.1) is 34.1 Å². The number of aromatic nitrogens is 3. The minimum atomic E-state index is -0.589. The zero-order chi connectivity index (χ0) is 30.3. The Hall–Kier alpha value is -4.24. The van der Waals surface area contributed by atoms with E-state index in [1.54, 1.807) is 20.4 Å². The quantitative estimate of drug-likeness (QED) is 0.224. The van der Waals surface area contributed by atoms with Gasteiger partial charge in [-0.3, -0.25) is 19.3 Å². The minimum Gasteiger partial charge on any atom is -0.481 e. The summed E-state index contributed by atoms with van der Waals surface area (Å²) in [6.45, 7) is 4.24. The monoisotopic (exact) mass is 612 g/mol. The van der Waals surface area contributed by atoms with E-state index in [0.717, 1.165) is 40.7 Å². The first-order valence-corrected chi connectivity index (χ1v) is 14.4. The van der Waals surface area contributed by atoms with E-state index in [4.69, 9.17) is 32.9 Å². The summed E-state index contributed by atoms with van der Waals surface area (Å²) in [5.41, 5.74) is 5.35. The summed E-state index contributed by atoms with van der Waals surface area (Å²) >= 11 is 14.0. The number of halogens is 2. The third kappa shape index (κ3) is 5.38. The number of carbonyl (C=O) groups is 1. The maximum atomic E-state index is 12.9. The number of nitrogens with zero attached hydrogens (tertiary/aromatic N) is 3. The molecule has 0 spiro atoms. The van der Waals surface area contributed by atoms with E-state index in [1.807, 2.05) is 60.7 Å². The van der Waals surface area contributed by atoms with Gasteiger partial charge in [0.2, 0.25) is 11.8 Å². The first-order valence-electron chi connectivity index (χ1n) is 13.7. The van der Waals surface area contributed by atoms with Crippen LogP contribution in [0.4, 0.5) is 0 Å². The highest BCUT2D eigenvalue weighted by molar-refractivity contribution is 6.39. The molecule has 1 aliphatic carbocycles. The van der Waals surface area contributed by atoms with Crippen LogP contribution in [0, 0.1) is 6.92 Å². The molecule has 5 aromatic rings. The minimum absolute atomic E-state index is 0.0559. The van der Waals surface area contributed by atoms with Crippen LogP contribution in [0.15, 0.2) is 77.7 Å². The number of rotatable bonds is 8. The van der Waals surface area contributed by atoms with Crippen LogP contribution in [-0.4, -0.2) is 40.0 Å². The standard InChI is InChI=1S/C33H28Cl2N5O3/c1-19-10-11-26(39-31(19)43-3)25-9-5-8-24(30(25)35)23-7-4-6-22(29(23)34)20-12-15-40-27(16-20)38-21(17-28(40)41)18-37-33(13-14-33)32(42)36-2/h4-12,15-17,37H,1,13-14,18H2,2-3H3,(H,36,42). The molecule has 217 valence electrons. The maximum absolute atomic E-state index is 12.9. The molecule has 0 saturated heterocycles. The number of likely N-dealkylation sites (N-methyl/N-ethyl adjacent to an activating group) is 1. The van der Waals surface area contributed by atoms with Gasteiger partial charge in [-0.2, -0.15) is 0 Å². The van der Waals surface area contributed by atoms with Gasteiger partial charge in [0, 0.05) is 53.7 Å². The molecule has 3 heterocycles. The molecular weight excluding hydrogens is 585 g/mol. The number of fused-ring (bicyclic) bond motifs is 1. The molecule has 1 aliphatic rings. The van der Waals surface area contributed by atoms with E-state index in [-0.39, 0.29) is 11.5 Å². The van der Waals surface area contributed by atoms with Crippen molar-refractivity contribution >= 4 is 34.8 Å². The lowest BCUT2D eigenvalue weighted by Crippen LogP contribution is -2.45. The van der Waals surface area contributed by atoms with Crippen LogP contribution in [0.1, 0.15) is 24.1 Å². The fourth-order valence-electron chi connectivity index (χ4n) is 5.21. The Kier molecular flexibility index (Phi) is 7.68. The summed E-state index contributed by atoms with van der Waals surface area (Å²) < 4.78 is 6.83. The summed E-state index contributed by atoms with van der Waals surface area (Å²) in [5.74, 6) is 0.375. The van der Waals surface area contributed by atoms with Crippen LogP contribution >= 0.6 is 23.2 Å². The van der Waals surface area contributed by atoms with Crippen LogP contribution in [-0.2, 0) is 11.3 Å². The average molecular weight is 614 g/mol. The van der Waals surface area contributed by atoms with Crippen molar-refractivity contribution in [1.29, 1.82) is 0 Å². The van der Waals surface area contributed by atoms with Crippen LogP contribution in [0.2, 0.25) is 10.0 Å². The van der Waals surface area contributed by atoms with Crippen molar-refractivity contribution in [3.8, 4) is 39.4 Å². The highest BCUT2D eigenvalue weighted by atomic mass is 35.5. The predicted molar refractivity (Wildman–Crippen MR) is 169 cm³/mol. The van der Waals surface area contributed by atoms with Crippen molar-refractivity contribution < 1.29 is 9.53 Å². The molecule has 1 amide bonds. The molecule has 2 N–H and O–H groups in total. The molecule has 0 atom stereocenters. The van der Waals surface area contributed by atoms with E-state index in [2.05, 4.69) is 22.5 Å². The lowest BCUT2D eigenvalue weighted by atomic mass is 9.97. The Morgan fingerprint density at radius 2 is 1.65 bits per heavy atom. The molecule has 10 heteroatoms. The number of hydrogen-bond donors (Lipinski definition) is 2. The van der Waals surface area contributed by atoms with Crippen molar-refractivity contribution in [1.82, 2.24) is 25.0 Å². The number of carbonyl (C=O) groups excluding carboxylic acids is 1. The molecule has 0 bridgehead atoms. The SMILES string of the molecule is [CH2]c1ccc(-c2cccc(-c3cccc(-c4ccn5c(=O)cc(CNC6(C(=O)NC)CC6)nc5c4)c3Cl)c2Cl)nc1OC. The average Bonchev–Trinajstić information content (AvgIpc) is 3.81. The first-order chi connectivity index (χ1) is 20.7. The number of nitrogens with one attached hydrogen (secondary N) is 2. The van der Waals surface area contributed by atoms with E-state index in [0.29, 0.717) is 45.1 Å². The van der Waals surface area contributed by atoms with Gasteiger partial charge in [0.25, 0.3) is 5.56 Å². The third-order valence-corrected chi connectivity index (χ3v) is 8.56. The number of ether oxygens (including phenoxy) is 1. The Balaban J connectivity index is 1.36. The number of amides is 1. The molecule has 3 aromatic heterocycles. The Morgan fingerprint density at radius 1 is 0.977 bits per heavy atom. The van der Waals surface area contributed by atoms with Gasteiger partial charge in [-0.05, 0) is 43.5 Å². The van der Waals surface area contributed by atoms with E-state index in [9.17, 15) is 9.59 Å². The normalized spacial score (nSPS) is 13.6. The molecule has 6 rings (SSSR count). The lowest BCUT2D eigenvalue weighted by molar-refractivity contribution is -0.123. The van der Waals surface area contributed by atoms with E-state index < -0.39 is 5.54 Å². The second-order valence-corrected chi connectivity index (χ2v) is 11.2. The largest absolute Gasteiger partial charge is 0.481 e. The summed E-state index contributed by atoms with van der Waals surface area (Å²) in [7, 11) is 3.17. The zero-order valence-corrected chi connectivity index (χ0v) is 25.1. The van der Waals surface area contributed by atoms with E-state index in [1.165, 1.54) is 10.5 Å². The molecule has 0 aliphatic heterocycles. The van der Waals surface area contributed by atoms with Crippen molar-refractivity contribution in [3.05, 3.63) is 112 Å². The summed E-state index contributed by atoms with van der Waals surface area (Å²) in [6.07, 6.45) is 3.18. The highest BCUT2D eigenvalue weighted by Gasteiger charge is 2.49. The molecule has 43 heavy (non-hydrogen) atoms. The molecule has 2 aromatic carbocycles. The second kappa shape index (κ2) is 11.4. The smallest absolute Gasteiger partial charge is 0.258 e. The summed E-state index contributed by atoms with van der Waals surface area (Å²) in [5, 5.41) is 6.97. The van der Waals surface area contributed by atoms with Gasteiger partial charge in [0.1, 0.15) is 5.65 Å². The molecule has 1 saturated carbocycles. The van der Waals surface area contributed by atoms with Crippen LogP contribution in [0.5, 0.6) is 5.88 Å². The van der Waals surface area contributed by atoms with Gasteiger partial charge in [0.15, 0.2) is 0 Å². The molecular formula is C33H28Cl2N5O3. The number of benzene rings is 2. The Morgan fingerprint density at radius 3 is 2.33 bits per heavy atom. The number of pyridine rings is 2. The highest BCUT2D eigenvalue weighted by Crippen LogP contribution is 2.42. The fraction of sp³-hybridized carbons (Fsp3) is 0.182. The van der Waals surface area contributed by atoms with Gasteiger partial charge >= 0.3 is 0 Å². The van der Waals surface area contributed by atoms with Crippen molar-refractivity contribution in [3.63, 3.8) is 0 Å². The fourth-order valence-corrected chi connectivity index (χ4v) is 5.88. The van der Waals surface area contributed by atoms with Crippen LogP contribution in [0.25, 0.3) is 39.2 Å². The molecule has 1 fully saturated rings. The van der Waals surface area contributed by atoms with Crippen molar-refractivity contribution in [2.75, 3.05) is 14.2 Å². The van der Waals surface area contributed by atoms with Gasteiger partial charge in [-0.25, -0.2) is 9.97 Å². The number of methoxy groups -OCH3 is 1. The van der Waals surface area contributed by atoms with Crippen molar-refractivity contribution in [2.45, 2.75) is 24.9 Å². The Bertz CT molecular complexity index is 1950. The molecule has 0 unspecified atom stereocenters. The third-order valence-electron chi connectivity index (χ3n) is 7.75. The Labute approximate surface area is 258 Å².